The second kappa shape index (κ2) is 12.9. The molecule has 1 aromatic heterocycles. The lowest BCUT2D eigenvalue weighted by atomic mass is 9.88. The lowest BCUT2D eigenvalue weighted by Gasteiger charge is -2.30. The number of hydrogen-bond donors (Lipinski definition) is 2. The van der Waals surface area contributed by atoms with Crippen molar-refractivity contribution in [1.82, 2.24) is 14.2 Å². The van der Waals surface area contributed by atoms with Crippen LogP contribution >= 0.6 is 0 Å². The maximum absolute atomic E-state index is 12.5. The fourth-order valence-corrected chi connectivity index (χ4v) is 6.65. The molecule has 4 rings (SSSR count). The number of benzene rings is 2. The Bertz CT molecular complexity index is 1220. The Morgan fingerprint density at radius 2 is 1.78 bits per heavy atom. The topological polar surface area (TPSA) is 82.4 Å². The number of primary amides is 1. The molecular formula is C30H42N4O2S. The van der Waals surface area contributed by atoms with Gasteiger partial charge in [0, 0.05) is 37.0 Å². The SMILES string of the molecule is CCCN(CCC)CCc1cccc(-c2cc(C(N)=O)c3[nH]cc(C4CCN(S(=O)CC)CC4)c3c2)c1. The van der Waals surface area contributed by atoms with Crippen molar-refractivity contribution in [3.8, 4) is 11.1 Å². The highest BCUT2D eigenvalue weighted by Crippen LogP contribution is 2.37. The van der Waals surface area contributed by atoms with Gasteiger partial charge in [0.2, 0.25) is 0 Å². The van der Waals surface area contributed by atoms with Gasteiger partial charge in [-0.2, -0.15) is 0 Å². The molecule has 0 saturated carbocycles. The summed E-state index contributed by atoms with van der Waals surface area (Å²) >= 11 is 0. The molecule has 3 aromatic rings. The van der Waals surface area contributed by atoms with Gasteiger partial charge in [0.1, 0.15) is 0 Å². The van der Waals surface area contributed by atoms with Crippen molar-refractivity contribution in [3.63, 3.8) is 0 Å². The number of fused-ring (bicyclic) bond motifs is 1. The zero-order valence-electron chi connectivity index (χ0n) is 22.6. The molecule has 1 aliphatic heterocycles. The van der Waals surface area contributed by atoms with Crippen LogP contribution in [-0.2, 0) is 17.4 Å². The van der Waals surface area contributed by atoms with E-state index < -0.39 is 16.9 Å². The van der Waals surface area contributed by atoms with Crippen LogP contribution in [0.1, 0.15) is 73.9 Å². The van der Waals surface area contributed by atoms with Crippen molar-refractivity contribution in [1.29, 1.82) is 0 Å². The quantitative estimate of drug-likeness (QED) is 0.331. The standard InChI is InChI=1S/C30H42N4O2S/c1-4-13-33(14-5-2)15-10-22-8-7-9-24(18-22)25-19-26-28(21-32-29(26)27(20-25)30(31)35)23-11-16-34(17-12-23)37(36)6-3/h7-9,18-21,23,32H,4-6,10-17H2,1-3H3,(H2,31,35). The van der Waals surface area contributed by atoms with Crippen molar-refractivity contribution in [2.75, 3.05) is 38.5 Å². The van der Waals surface area contributed by atoms with Gasteiger partial charge >= 0.3 is 0 Å². The summed E-state index contributed by atoms with van der Waals surface area (Å²) in [7, 11) is -0.889. The molecular weight excluding hydrogens is 480 g/mol. The monoisotopic (exact) mass is 522 g/mol. The molecule has 0 bridgehead atoms. The second-order valence-corrected chi connectivity index (χ2v) is 11.9. The van der Waals surface area contributed by atoms with E-state index in [2.05, 4.69) is 58.4 Å². The van der Waals surface area contributed by atoms with Gasteiger partial charge < -0.3 is 15.6 Å². The van der Waals surface area contributed by atoms with Gasteiger partial charge in [-0.15, -0.1) is 0 Å². The minimum Gasteiger partial charge on any atom is -0.366 e. The second-order valence-electron chi connectivity index (χ2n) is 10.2. The summed E-state index contributed by atoms with van der Waals surface area (Å²) in [6, 6.07) is 12.8. The summed E-state index contributed by atoms with van der Waals surface area (Å²) in [5.41, 5.74) is 11.9. The van der Waals surface area contributed by atoms with Crippen LogP contribution < -0.4 is 5.73 Å². The minimum atomic E-state index is -0.889. The number of H-pyrrole nitrogens is 1. The van der Waals surface area contributed by atoms with Crippen molar-refractivity contribution in [2.24, 2.45) is 5.73 Å². The van der Waals surface area contributed by atoms with Gasteiger partial charge in [0.05, 0.1) is 22.1 Å². The Balaban J connectivity index is 1.62. The van der Waals surface area contributed by atoms with Crippen LogP contribution in [-0.4, -0.2) is 62.8 Å². The van der Waals surface area contributed by atoms with Gasteiger partial charge in [-0.3, -0.25) is 4.79 Å². The fourth-order valence-electron chi connectivity index (χ4n) is 5.67. The molecule has 1 fully saturated rings. The molecule has 2 heterocycles. The van der Waals surface area contributed by atoms with Crippen LogP contribution in [0.5, 0.6) is 0 Å². The molecule has 200 valence electrons. The first-order valence-corrected chi connectivity index (χ1v) is 15.1. The molecule has 0 radical (unpaired) electrons. The summed E-state index contributed by atoms with van der Waals surface area (Å²) in [6.45, 7) is 11.4. The van der Waals surface area contributed by atoms with Crippen LogP contribution in [0.15, 0.2) is 42.6 Å². The van der Waals surface area contributed by atoms with Crippen molar-refractivity contribution < 1.29 is 9.00 Å². The highest BCUT2D eigenvalue weighted by molar-refractivity contribution is 7.82. The number of carbonyl (C=O) groups is 1. The molecule has 0 aliphatic carbocycles. The predicted octanol–water partition coefficient (Wildman–Crippen LogP) is 5.46. The zero-order valence-corrected chi connectivity index (χ0v) is 23.4. The average molecular weight is 523 g/mol. The predicted molar refractivity (Wildman–Crippen MR) is 155 cm³/mol. The van der Waals surface area contributed by atoms with Crippen LogP contribution in [0.3, 0.4) is 0 Å². The lowest BCUT2D eigenvalue weighted by Crippen LogP contribution is -2.35. The third-order valence-electron chi connectivity index (χ3n) is 7.57. The number of rotatable bonds is 12. The number of nitrogens with two attached hydrogens (primary N) is 1. The Morgan fingerprint density at radius 3 is 2.43 bits per heavy atom. The molecule has 37 heavy (non-hydrogen) atoms. The van der Waals surface area contributed by atoms with Crippen molar-refractivity contribution in [2.45, 2.75) is 58.8 Å². The molecule has 6 nitrogen and oxygen atoms in total. The number of nitrogens with one attached hydrogen (secondary N) is 1. The summed E-state index contributed by atoms with van der Waals surface area (Å²) in [5, 5.41) is 1.07. The Labute approximate surface area is 224 Å². The van der Waals surface area contributed by atoms with Gasteiger partial charge in [-0.1, -0.05) is 45.0 Å². The van der Waals surface area contributed by atoms with E-state index in [1.165, 1.54) is 24.0 Å². The number of hydrogen-bond acceptors (Lipinski definition) is 3. The number of piperidine rings is 1. The van der Waals surface area contributed by atoms with E-state index in [-0.39, 0.29) is 0 Å². The fraction of sp³-hybridized carbons (Fsp3) is 0.500. The molecule has 3 N–H and O–H groups in total. The molecule has 2 aromatic carbocycles. The molecule has 7 heteroatoms. The van der Waals surface area contributed by atoms with Crippen molar-refractivity contribution in [3.05, 3.63) is 59.3 Å². The third kappa shape index (κ3) is 6.51. The summed E-state index contributed by atoms with van der Waals surface area (Å²) in [6.07, 6.45) is 7.30. The summed E-state index contributed by atoms with van der Waals surface area (Å²) < 4.78 is 14.3. The zero-order chi connectivity index (χ0) is 26.4. The molecule has 1 amide bonds. The number of aromatic amines is 1. The third-order valence-corrected chi connectivity index (χ3v) is 9.01. The average Bonchev–Trinajstić information content (AvgIpc) is 3.35. The van der Waals surface area contributed by atoms with Crippen LogP contribution in [0.25, 0.3) is 22.0 Å². The number of amides is 1. The minimum absolute atomic E-state index is 0.365. The number of nitrogens with zero attached hydrogens (tertiary/aromatic N) is 2. The highest BCUT2D eigenvalue weighted by atomic mass is 32.2. The van der Waals surface area contributed by atoms with E-state index in [0.29, 0.717) is 17.2 Å². The van der Waals surface area contributed by atoms with E-state index in [4.69, 9.17) is 5.73 Å². The van der Waals surface area contributed by atoms with Crippen LogP contribution in [0, 0.1) is 0 Å². The van der Waals surface area contributed by atoms with Gasteiger partial charge in [0.15, 0.2) is 0 Å². The maximum Gasteiger partial charge on any atom is 0.250 e. The summed E-state index contributed by atoms with van der Waals surface area (Å²) in [5.74, 6) is 0.612. The van der Waals surface area contributed by atoms with E-state index in [1.54, 1.807) is 0 Å². The summed E-state index contributed by atoms with van der Waals surface area (Å²) in [4.78, 5) is 18.3. The first-order valence-electron chi connectivity index (χ1n) is 13.8. The van der Waals surface area contributed by atoms with Crippen LogP contribution in [0.2, 0.25) is 0 Å². The maximum atomic E-state index is 12.5. The van der Waals surface area contributed by atoms with E-state index in [9.17, 15) is 9.00 Å². The largest absolute Gasteiger partial charge is 0.366 e. The first-order chi connectivity index (χ1) is 17.9. The smallest absolute Gasteiger partial charge is 0.250 e. The molecule has 1 saturated heterocycles. The molecule has 1 aliphatic rings. The molecule has 1 unspecified atom stereocenters. The van der Waals surface area contributed by atoms with Gasteiger partial charge in [0.25, 0.3) is 5.91 Å². The van der Waals surface area contributed by atoms with Gasteiger partial charge in [-0.05, 0) is 85.5 Å². The van der Waals surface area contributed by atoms with E-state index in [1.807, 2.05) is 19.2 Å². The molecule has 0 spiro atoms. The highest BCUT2D eigenvalue weighted by Gasteiger charge is 2.26. The number of carbonyl (C=O) groups excluding carboxylic acids is 1. The van der Waals surface area contributed by atoms with Crippen LogP contribution in [0.4, 0.5) is 0 Å². The normalized spacial score (nSPS) is 16.0. The van der Waals surface area contributed by atoms with E-state index >= 15 is 0 Å². The van der Waals surface area contributed by atoms with Crippen molar-refractivity contribution >= 4 is 27.8 Å². The lowest BCUT2D eigenvalue weighted by molar-refractivity contribution is 0.100. The Morgan fingerprint density at radius 1 is 1.05 bits per heavy atom. The van der Waals surface area contributed by atoms with Gasteiger partial charge in [-0.25, -0.2) is 8.51 Å². The Hall–Kier alpha value is -2.48. The Kier molecular flexibility index (Phi) is 9.57. The first kappa shape index (κ1) is 27.6. The number of aromatic nitrogens is 1. The van der Waals surface area contributed by atoms with E-state index in [0.717, 1.165) is 74.0 Å². The molecule has 1 atom stereocenters.